The number of halogens is 1. The Hall–Kier alpha value is -2.58. The van der Waals surface area contributed by atoms with Crippen molar-refractivity contribution in [3.05, 3.63) is 51.3 Å². The number of nitrogen functional groups attached to an aromatic ring is 1. The first kappa shape index (κ1) is 16.3. The molecule has 0 fully saturated rings. The van der Waals surface area contributed by atoms with Gasteiger partial charge in [-0.15, -0.1) is 16.4 Å². The quantitative estimate of drug-likeness (QED) is 0.726. The molecule has 0 aliphatic heterocycles. The molecule has 2 heterocycles. The van der Waals surface area contributed by atoms with Crippen molar-refractivity contribution in [2.75, 3.05) is 12.8 Å². The lowest BCUT2D eigenvalue weighted by Crippen LogP contribution is -2.23. The highest BCUT2D eigenvalue weighted by Crippen LogP contribution is 2.27. The molecule has 0 saturated carbocycles. The van der Waals surface area contributed by atoms with E-state index in [1.165, 1.54) is 11.8 Å². The molecule has 0 unspecified atom stereocenters. The highest BCUT2D eigenvalue weighted by molar-refractivity contribution is 7.09. The molecule has 1 aromatic carbocycles. The number of benzene rings is 1. The summed E-state index contributed by atoms with van der Waals surface area (Å²) in [7, 11) is 1.53. The number of ether oxygens (including phenoxy) is 1. The van der Waals surface area contributed by atoms with Gasteiger partial charge in [0.2, 0.25) is 0 Å². The van der Waals surface area contributed by atoms with Crippen molar-refractivity contribution in [1.29, 1.82) is 0 Å². The predicted molar refractivity (Wildman–Crippen MR) is 92.8 cm³/mol. The number of hydrogen-bond acceptors (Lipinski definition) is 6. The summed E-state index contributed by atoms with van der Waals surface area (Å²) in [5, 5.41) is 12.9. The number of carbonyl (C=O) groups is 1. The minimum atomic E-state index is -0.383. The van der Waals surface area contributed by atoms with Crippen LogP contribution in [-0.2, 0) is 6.54 Å². The second kappa shape index (κ2) is 6.90. The van der Waals surface area contributed by atoms with E-state index in [0.717, 1.165) is 4.88 Å². The van der Waals surface area contributed by atoms with Crippen molar-refractivity contribution in [2.24, 2.45) is 0 Å². The molecule has 9 heteroatoms. The first-order valence-corrected chi connectivity index (χ1v) is 8.21. The van der Waals surface area contributed by atoms with Gasteiger partial charge in [0.15, 0.2) is 11.5 Å². The number of nitrogens with zero attached hydrogens (tertiary/aromatic N) is 3. The van der Waals surface area contributed by atoms with Gasteiger partial charge in [0.1, 0.15) is 5.75 Å². The normalized spacial score (nSPS) is 10.6. The Morgan fingerprint density at radius 1 is 1.46 bits per heavy atom. The van der Waals surface area contributed by atoms with Crippen LogP contribution in [0, 0.1) is 0 Å². The summed E-state index contributed by atoms with van der Waals surface area (Å²) in [6.07, 6.45) is 0. The molecule has 7 nitrogen and oxygen atoms in total. The molecule has 0 radical (unpaired) electrons. The Balaban J connectivity index is 1.80. The summed E-state index contributed by atoms with van der Waals surface area (Å²) >= 11 is 7.66. The largest absolute Gasteiger partial charge is 0.495 e. The fourth-order valence-electron chi connectivity index (χ4n) is 2.09. The molecule has 0 atom stereocenters. The van der Waals surface area contributed by atoms with Crippen molar-refractivity contribution in [3.63, 3.8) is 0 Å². The van der Waals surface area contributed by atoms with Crippen LogP contribution in [-0.4, -0.2) is 28.0 Å². The number of carbonyl (C=O) groups excluding carboxylic acids is 1. The number of anilines is 1. The van der Waals surface area contributed by atoms with E-state index in [4.69, 9.17) is 22.1 Å². The van der Waals surface area contributed by atoms with Gasteiger partial charge in [-0.3, -0.25) is 4.79 Å². The van der Waals surface area contributed by atoms with Gasteiger partial charge in [-0.2, -0.15) is 4.68 Å². The standard InChI is InChI=1S/C15H14ClN5O2S/c1-23-12-5-4-9(7-11(12)16)21-14(17)13(19-20-21)15(22)18-8-10-3-2-6-24-10/h2-7H,8,17H2,1H3,(H,18,22). The van der Waals surface area contributed by atoms with E-state index in [1.54, 1.807) is 29.5 Å². The third kappa shape index (κ3) is 3.19. The van der Waals surface area contributed by atoms with E-state index in [9.17, 15) is 4.79 Å². The zero-order valence-electron chi connectivity index (χ0n) is 12.7. The van der Waals surface area contributed by atoms with E-state index in [0.29, 0.717) is 23.0 Å². The Bertz CT molecular complexity index is 863. The van der Waals surface area contributed by atoms with Gasteiger partial charge in [0.25, 0.3) is 5.91 Å². The predicted octanol–water partition coefficient (Wildman–Crippen LogP) is 2.50. The lowest BCUT2D eigenvalue weighted by atomic mass is 10.3. The maximum Gasteiger partial charge on any atom is 0.276 e. The lowest BCUT2D eigenvalue weighted by Gasteiger charge is -2.07. The summed E-state index contributed by atoms with van der Waals surface area (Å²) in [4.78, 5) is 13.3. The van der Waals surface area contributed by atoms with E-state index in [2.05, 4.69) is 15.6 Å². The molecule has 0 aliphatic rings. The third-order valence-corrected chi connectivity index (χ3v) is 4.48. The maximum absolute atomic E-state index is 12.2. The van der Waals surface area contributed by atoms with Crippen molar-refractivity contribution in [1.82, 2.24) is 20.3 Å². The molecule has 0 aliphatic carbocycles. The fraction of sp³-hybridized carbons (Fsp3) is 0.133. The van der Waals surface area contributed by atoms with Crippen LogP contribution in [0.15, 0.2) is 35.7 Å². The number of methoxy groups -OCH3 is 1. The molecule has 1 amide bonds. The highest BCUT2D eigenvalue weighted by Gasteiger charge is 2.18. The van der Waals surface area contributed by atoms with Gasteiger partial charge in [-0.05, 0) is 29.6 Å². The number of hydrogen-bond donors (Lipinski definition) is 2. The SMILES string of the molecule is COc1ccc(-n2nnc(C(=O)NCc3cccs3)c2N)cc1Cl. The number of nitrogens with two attached hydrogens (primary N) is 1. The van der Waals surface area contributed by atoms with Crippen LogP contribution in [0.5, 0.6) is 5.75 Å². The Morgan fingerprint density at radius 2 is 2.29 bits per heavy atom. The van der Waals surface area contributed by atoms with E-state index < -0.39 is 0 Å². The van der Waals surface area contributed by atoms with Crippen LogP contribution in [0.3, 0.4) is 0 Å². The van der Waals surface area contributed by atoms with Crippen molar-refractivity contribution < 1.29 is 9.53 Å². The molecule has 3 rings (SSSR count). The second-order valence-corrected chi connectivity index (χ2v) is 6.26. The summed E-state index contributed by atoms with van der Waals surface area (Å²) in [5.41, 5.74) is 6.67. The van der Waals surface area contributed by atoms with Gasteiger partial charge in [0.05, 0.1) is 24.4 Å². The van der Waals surface area contributed by atoms with Gasteiger partial charge in [0, 0.05) is 4.88 Å². The number of thiophene rings is 1. The zero-order valence-corrected chi connectivity index (χ0v) is 14.3. The number of rotatable bonds is 5. The molecular weight excluding hydrogens is 350 g/mol. The van der Waals surface area contributed by atoms with Crippen LogP contribution >= 0.6 is 22.9 Å². The van der Waals surface area contributed by atoms with Gasteiger partial charge in [-0.1, -0.05) is 22.9 Å². The molecule has 0 spiro atoms. The summed E-state index contributed by atoms with van der Waals surface area (Å²) in [6, 6.07) is 8.91. The van der Waals surface area contributed by atoms with Gasteiger partial charge >= 0.3 is 0 Å². The van der Waals surface area contributed by atoms with Crippen molar-refractivity contribution >= 4 is 34.7 Å². The first-order valence-electron chi connectivity index (χ1n) is 6.96. The topological polar surface area (TPSA) is 95.1 Å². The molecular formula is C15H14ClN5O2S. The fourth-order valence-corrected chi connectivity index (χ4v) is 2.99. The third-order valence-electron chi connectivity index (χ3n) is 3.30. The van der Waals surface area contributed by atoms with Crippen LogP contribution < -0.4 is 15.8 Å². The van der Waals surface area contributed by atoms with Gasteiger partial charge < -0.3 is 15.8 Å². The molecule has 0 saturated heterocycles. The molecule has 3 aromatic rings. The first-order chi connectivity index (χ1) is 11.6. The Morgan fingerprint density at radius 3 is 2.96 bits per heavy atom. The van der Waals surface area contributed by atoms with Crippen LogP contribution in [0.25, 0.3) is 5.69 Å². The Kier molecular flexibility index (Phi) is 4.68. The Labute approximate surface area is 147 Å². The maximum atomic E-state index is 12.2. The van der Waals surface area contributed by atoms with Crippen LogP contribution in [0.1, 0.15) is 15.4 Å². The molecule has 0 bridgehead atoms. The number of nitrogens with one attached hydrogen (secondary N) is 1. The monoisotopic (exact) mass is 363 g/mol. The van der Waals surface area contributed by atoms with Crippen LogP contribution in [0.4, 0.5) is 5.82 Å². The van der Waals surface area contributed by atoms with E-state index in [1.807, 2.05) is 17.5 Å². The molecule has 3 N–H and O–H groups in total. The minimum absolute atomic E-state index is 0.0681. The lowest BCUT2D eigenvalue weighted by molar-refractivity contribution is 0.0947. The smallest absolute Gasteiger partial charge is 0.276 e. The van der Waals surface area contributed by atoms with E-state index >= 15 is 0 Å². The van der Waals surface area contributed by atoms with Crippen molar-refractivity contribution in [2.45, 2.75) is 6.54 Å². The average molecular weight is 364 g/mol. The van der Waals surface area contributed by atoms with Gasteiger partial charge in [-0.25, -0.2) is 0 Å². The number of aromatic nitrogens is 3. The zero-order chi connectivity index (χ0) is 17.1. The number of amides is 1. The second-order valence-electron chi connectivity index (χ2n) is 4.82. The summed E-state index contributed by atoms with van der Waals surface area (Å²) in [6.45, 7) is 0.414. The average Bonchev–Trinajstić information content (AvgIpc) is 3.22. The van der Waals surface area contributed by atoms with Crippen LogP contribution in [0.2, 0.25) is 5.02 Å². The van der Waals surface area contributed by atoms with E-state index in [-0.39, 0.29) is 17.4 Å². The summed E-state index contributed by atoms with van der Waals surface area (Å²) < 4.78 is 6.46. The molecule has 124 valence electrons. The molecule has 24 heavy (non-hydrogen) atoms. The molecule has 2 aromatic heterocycles. The highest BCUT2D eigenvalue weighted by atomic mass is 35.5. The summed E-state index contributed by atoms with van der Waals surface area (Å²) in [5.74, 6) is 0.291. The van der Waals surface area contributed by atoms with Crippen molar-refractivity contribution in [3.8, 4) is 11.4 Å². The minimum Gasteiger partial charge on any atom is -0.495 e.